The standard InChI is InChI=1S/C19H17F4N5O/c20-16-6-5-14(19(21,22)23)12-17(16)27-18(29)26-15-4-1-3-13(11-15)7-9-25-28-10-2-8-24-28/h1-6,8,10-12,25H,7,9H2,(H2,26,27,29). The second kappa shape index (κ2) is 8.63. The minimum atomic E-state index is -4.64. The van der Waals surface area contributed by atoms with Crippen LogP contribution in [0.1, 0.15) is 11.1 Å². The summed E-state index contributed by atoms with van der Waals surface area (Å²) in [6, 6.07) is 9.67. The number of halogens is 4. The zero-order chi connectivity index (χ0) is 20.9. The lowest BCUT2D eigenvalue weighted by Gasteiger charge is -2.12. The van der Waals surface area contributed by atoms with Crippen LogP contribution in [-0.4, -0.2) is 22.5 Å². The monoisotopic (exact) mass is 407 g/mol. The first-order chi connectivity index (χ1) is 13.8. The second-order valence-corrected chi connectivity index (χ2v) is 6.08. The van der Waals surface area contributed by atoms with Gasteiger partial charge in [-0.2, -0.15) is 23.1 Å². The van der Waals surface area contributed by atoms with Gasteiger partial charge in [0, 0.05) is 18.4 Å². The van der Waals surface area contributed by atoms with Gasteiger partial charge < -0.3 is 16.1 Å². The van der Waals surface area contributed by atoms with E-state index in [-0.39, 0.29) is 0 Å². The Hall–Kier alpha value is -3.56. The number of carbonyl (C=O) groups excluding carboxylic acids is 1. The smallest absolute Gasteiger partial charge is 0.310 e. The second-order valence-electron chi connectivity index (χ2n) is 6.08. The third kappa shape index (κ3) is 5.71. The Morgan fingerprint density at radius 3 is 2.62 bits per heavy atom. The molecule has 29 heavy (non-hydrogen) atoms. The van der Waals surface area contributed by atoms with Gasteiger partial charge in [-0.05, 0) is 48.4 Å². The summed E-state index contributed by atoms with van der Waals surface area (Å²) in [5.41, 5.74) is 2.78. The molecule has 6 nitrogen and oxygen atoms in total. The largest absolute Gasteiger partial charge is 0.416 e. The first-order valence-corrected chi connectivity index (χ1v) is 8.58. The van der Waals surface area contributed by atoms with E-state index in [1.807, 2.05) is 6.07 Å². The molecule has 1 aromatic heterocycles. The van der Waals surface area contributed by atoms with Crippen molar-refractivity contribution in [2.45, 2.75) is 12.6 Å². The highest BCUT2D eigenvalue weighted by Gasteiger charge is 2.31. The predicted octanol–water partition coefficient (Wildman–Crippen LogP) is 4.47. The molecule has 3 aromatic rings. The van der Waals surface area contributed by atoms with Gasteiger partial charge in [0.25, 0.3) is 0 Å². The van der Waals surface area contributed by atoms with Crippen LogP contribution >= 0.6 is 0 Å². The topological polar surface area (TPSA) is 71.0 Å². The molecule has 0 bridgehead atoms. The molecule has 0 aliphatic carbocycles. The third-order valence-corrected chi connectivity index (χ3v) is 3.92. The van der Waals surface area contributed by atoms with Crippen LogP contribution in [0.3, 0.4) is 0 Å². The number of hydrogen-bond acceptors (Lipinski definition) is 3. The molecule has 0 unspecified atom stereocenters. The summed E-state index contributed by atoms with van der Waals surface area (Å²) in [5, 5.41) is 8.60. The average Bonchev–Trinajstić information content (AvgIpc) is 3.16. The Morgan fingerprint density at radius 2 is 1.90 bits per heavy atom. The normalized spacial score (nSPS) is 11.2. The molecule has 10 heteroatoms. The minimum absolute atomic E-state index is 0.423. The predicted molar refractivity (Wildman–Crippen MR) is 101 cm³/mol. The van der Waals surface area contributed by atoms with E-state index in [0.717, 1.165) is 5.56 Å². The molecule has 3 rings (SSSR count). The van der Waals surface area contributed by atoms with Gasteiger partial charge in [-0.25, -0.2) is 9.18 Å². The number of alkyl halides is 3. The minimum Gasteiger partial charge on any atom is -0.310 e. The zero-order valence-electron chi connectivity index (χ0n) is 15.0. The molecule has 0 fully saturated rings. The van der Waals surface area contributed by atoms with Gasteiger partial charge in [0.05, 0.1) is 17.4 Å². The fourth-order valence-electron chi connectivity index (χ4n) is 2.56. The summed E-state index contributed by atoms with van der Waals surface area (Å²) in [6.45, 7) is 0.590. The molecule has 152 valence electrons. The molecule has 0 saturated heterocycles. The van der Waals surface area contributed by atoms with Crippen molar-refractivity contribution < 1.29 is 22.4 Å². The van der Waals surface area contributed by atoms with E-state index >= 15 is 0 Å². The van der Waals surface area contributed by atoms with Crippen molar-refractivity contribution >= 4 is 17.4 Å². The Bertz CT molecular complexity index is 973. The highest BCUT2D eigenvalue weighted by Crippen LogP contribution is 2.31. The number of nitrogens with zero attached hydrogens (tertiary/aromatic N) is 2. The highest BCUT2D eigenvalue weighted by molar-refractivity contribution is 5.99. The number of aromatic nitrogens is 2. The van der Waals surface area contributed by atoms with E-state index in [1.54, 1.807) is 41.4 Å². The molecule has 0 spiro atoms. The first kappa shape index (κ1) is 20.2. The van der Waals surface area contributed by atoms with Gasteiger partial charge in [0.1, 0.15) is 5.82 Å². The van der Waals surface area contributed by atoms with Crippen LogP contribution < -0.4 is 16.1 Å². The number of nitrogens with one attached hydrogen (secondary N) is 3. The third-order valence-electron chi connectivity index (χ3n) is 3.92. The molecular weight excluding hydrogens is 390 g/mol. The van der Waals surface area contributed by atoms with Crippen molar-refractivity contribution in [1.82, 2.24) is 9.89 Å². The molecule has 0 radical (unpaired) electrons. The van der Waals surface area contributed by atoms with E-state index in [1.165, 1.54) is 0 Å². The van der Waals surface area contributed by atoms with Crippen LogP contribution in [0.5, 0.6) is 0 Å². The van der Waals surface area contributed by atoms with Crippen LogP contribution in [0.15, 0.2) is 60.9 Å². The molecule has 3 N–H and O–H groups in total. The van der Waals surface area contributed by atoms with Gasteiger partial charge in [0.15, 0.2) is 0 Å². The van der Waals surface area contributed by atoms with Gasteiger partial charge in [-0.3, -0.25) is 0 Å². The Labute approximate surface area is 163 Å². The lowest BCUT2D eigenvalue weighted by Crippen LogP contribution is -2.21. The summed E-state index contributed by atoms with van der Waals surface area (Å²) >= 11 is 0. The number of urea groups is 1. The van der Waals surface area contributed by atoms with Crippen LogP contribution in [0.2, 0.25) is 0 Å². The molecular formula is C19H17F4N5O. The Balaban J connectivity index is 1.59. The van der Waals surface area contributed by atoms with Gasteiger partial charge in [0.2, 0.25) is 0 Å². The van der Waals surface area contributed by atoms with E-state index in [2.05, 4.69) is 21.2 Å². The van der Waals surface area contributed by atoms with Crippen LogP contribution in [0.4, 0.5) is 33.7 Å². The maximum absolute atomic E-state index is 13.8. The van der Waals surface area contributed by atoms with Crippen LogP contribution in [0, 0.1) is 5.82 Å². The number of carbonyl (C=O) groups is 1. The molecule has 0 saturated carbocycles. The van der Waals surface area contributed by atoms with E-state index < -0.39 is 29.3 Å². The fourth-order valence-corrected chi connectivity index (χ4v) is 2.56. The van der Waals surface area contributed by atoms with Gasteiger partial charge >= 0.3 is 12.2 Å². The van der Waals surface area contributed by atoms with E-state index in [4.69, 9.17) is 0 Å². The van der Waals surface area contributed by atoms with Crippen molar-refractivity contribution in [3.05, 3.63) is 77.9 Å². The van der Waals surface area contributed by atoms with Crippen molar-refractivity contribution in [1.29, 1.82) is 0 Å². The molecule has 2 amide bonds. The first-order valence-electron chi connectivity index (χ1n) is 8.58. The number of amides is 2. The Kier molecular flexibility index (Phi) is 6.01. The molecule has 1 heterocycles. The number of rotatable bonds is 6. The van der Waals surface area contributed by atoms with E-state index in [0.29, 0.717) is 36.9 Å². The number of hydrogen-bond donors (Lipinski definition) is 3. The number of anilines is 2. The van der Waals surface area contributed by atoms with Crippen molar-refractivity contribution in [2.24, 2.45) is 0 Å². The van der Waals surface area contributed by atoms with Crippen molar-refractivity contribution in [2.75, 3.05) is 22.6 Å². The lowest BCUT2D eigenvalue weighted by atomic mass is 10.1. The molecule has 2 aromatic carbocycles. The molecule has 0 atom stereocenters. The highest BCUT2D eigenvalue weighted by atomic mass is 19.4. The summed E-state index contributed by atoms with van der Waals surface area (Å²) in [4.78, 5) is 13.7. The summed E-state index contributed by atoms with van der Waals surface area (Å²) in [6.07, 6.45) is -0.600. The molecule has 0 aliphatic rings. The summed E-state index contributed by atoms with van der Waals surface area (Å²) in [5.74, 6) is -0.966. The van der Waals surface area contributed by atoms with E-state index in [9.17, 15) is 22.4 Å². The van der Waals surface area contributed by atoms with Gasteiger partial charge in [-0.1, -0.05) is 12.1 Å². The lowest BCUT2D eigenvalue weighted by molar-refractivity contribution is -0.137. The Morgan fingerprint density at radius 1 is 1.07 bits per heavy atom. The van der Waals surface area contributed by atoms with Crippen molar-refractivity contribution in [3.63, 3.8) is 0 Å². The SMILES string of the molecule is O=C(Nc1cccc(CCNn2cccn2)c1)Nc1cc(C(F)(F)F)ccc1F. The fraction of sp³-hybridized carbons (Fsp3) is 0.158. The van der Waals surface area contributed by atoms with Gasteiger partial charge in [-0.15, -0.1) is 0 Å². The summed E-state index contributed by atoms with van der Waals surface area (Å²) in [7, 11) is 0. The van der Waals surface area contributed by atoms with Crippen molar-refractivity contribution in [3.8, 4) is 0 Å². The number of benzene rings is 2. The molecule has 0 aliphatic heterocycles. The summed E-state index contributed by atoms with van der Waals surface area (Å²) < 4.78 is 52.0. The van der Waals surface area contributed by atoms with Crippen LogP contribution in [0.25, 0.3) is 0 Å². The van der Waals surface area contributed by atoms with Crippen LogP contribution in [-0.2, 0) is 12.6 Å². The zero-order valence-corrected chi connectivity index (χ0v) is 15.0. The maximum Gasteiger partial charge on any atom is 0.416 e. The maximum atomic E-state index is 13.8. The average molecular weight is 407 g/mol. The quantitative estimate of drug-likeness (QED) is 0.528.